The maximum absolute atomic E-state index is 6.43. The summed E-state index contributed by atoms with van der Waals surface area (Å²) in [7, 11) is 0. The van der Waals surface area contributed by atoms with E-state index in [1.165, 1.54) is 0 Å². The van der Waals surface area contributed by atoms with Gasteiger partial charge in [-0.15, -0.1) is 0 Å². The molecular formula is C20H34ClNO2. The molecule has 1 aromatic carbocycles. The van der Waals surface area contributed by atoms with Crippen LogP contribution in [0.1, 0.15) is 66.9 Å². The quantitative estimate of drug-likeness (QED) is 0.604. The van der Waals surface area contributed by atoms with Crippen molar-refractivity contribution in [2.45, 2.75) is 73.4 Å². The molecule has 0 unspecified atom stereocenters. The first kappa shape index (κ1) is 21.1. The van der Waals surface area contributed by atoms with Crippen LogP contribution in [0, 0.1) is 5.41 Å². The molecule has 0 amide bonds. The molecule has 0 radical (unpaired) electrons. The van der Waals surface area contributed by atoms with Crippen LogP contribution in [0.2, 0.25) is 5.02 Å². The van der Waals surface area contributed by atoms with E-state index >= 15 is 0 Å². The van der Waals surface area contributed by atoms with Gasteiger partial charge in [0.25, 0.3) is 0 Å². The molecule has 0 bridgehead atoms. The molecule has 0 atom stereocenters. The average molecular weight is 356 g/mol. The number of hydrogen-bond acceptors (Lipinski definition) is 3. The minimum atomic E-state index is 0.0495. The summed E-state index contributed by atoms with van der Waals surface area (Å²) in [5, 5.41) is 4.25. The van der Waals surface area contributed by atoms with Crippen LogP contribution in [0.4, 0.5) is 0 Å². The van der Waals surface area contributed by atoms with Crippen molar-refractivity contribution in [3.8, 4) is 11.5 Å². The Balaban J connectivity index is 2.89. The molecule has 0 aliphatic rings. The van der Waals surface area contributed by atoms with Gasteiger partial charge in [-0.25, -0.2) is 0 Å². The van der Waals surface area contributed by atoms with Gasteiger partial charge in [-0.2, -0.15) is 0 Å². The highest BCUT2D eigenvalue weighted by molar-refractivity contribution is 6.32. The Hall–Kier alpha value is -0.930. The normalized spacial score (nSPS) is 12.3. The lowest BCUT2D eigenvalue weighted by Crippen LogP contribution is -2.41. The van der Waals surface area contributed by atoms with Gasteiger partial charge in [-0.1, -0.05) is 39.3 Å². The van der Waals surface area contributed by atoms with E-state index in [4.69, 9.17) is 21.1 Å². The van der Waals surface area contributed by atoms with Gasteiger partial charge >= 0.3 is 0 Å². The zero-order valence-corrected chi connectivity index (χ0v) is 17.1. The zero-order chi connectivity index (χ0) is 18.4. The molecule has 1 aromatic rings. The summed E-state index contributed by atoms with van der Waals surface area (Å²) in [4.78, 5) is 0. The molecule has 3 nitrogen and oxygen atoms in total. The second kappa shape index (κ2) is 8.96. The maximum Gasteiger partial charge on any atom is 0.179 e. The highest BCUT2D eigenvalue weighted by Gasteiger charge is 2.25. The molecule has 0 aliphatic carbocycles. The molecule has 24 heavy (non-hydrogen) atoms. The fourth-order valence-electron chi connectivity index (χ4n) is 3.06. The summed E-state index contributed by atoms with van der Waals surface area (Å²) < 4.78 is 11.5. The topological polar surface area (TPSA) is 30.5 Å². The molecule has 1 N–H and O–H groups in total. The molecule has 4 heteroatoms. The Kier molecular flexibility index (Phi) is 7.88. The minimum Gasteiger partial charge on any atom is -0.490 e. The van der Waals surface area contributed by atoms with Gasteiger partial charge in [-0.3, -0.25) is 0 Å². The van der Waals surface area contributed by atoms with E-state index < -0.39 is 0 Å². The van der Waals surface area contributed by atoms with Crippen molar-refractivity contribution in [1.82, 2.24) is 5.32 Å². The number of nitrogens with one attached hydrogen (secondary N) is 1. The third-order valence-corrected chi connectivity index (χ3v) is 3.84. The van der Waals surface area contributed by atoms with Crippen LogP contribution < -0.4 is 14.8 Å². The highest BCUT2D eigenvalue weighted by Crippen LogP contribution is 2.37. The Bertz CT molecular complexity index is 521. The van der Waals surface area contributed by atoms with Gasteiger partial charge in [0.2, 0.25) is 0 Å². The third kappa shape index (κ3) is 7.31. The molecule has 0 saturated heterocycles. The van der Waals surface area contributed by atoms with E-state index in [1.807, 2.05) is 19.1 Å². The van der Waals surface area contributed by atoms with E-state index in [1.54, 1.807) is 0 Å². The highest BCUT2D eigenvalue weighted by atomic mass is 35.5. The van der Waals surface area contributed by atoms with Crippen molar-refractivity contribution in [3.05, 3.63) is 22.7 Å². The Morgan fingerprint density at radius 3 is 2.25 bits per heavy atom. The van der Waals surface area contributed by atoms with Crippen LogP contribution in [0.3, 0.4) is 0 Å². The summed E-state index contributed by atoms with van der Waals surface area (Å²) in [5.41, 5.74) is 1.44. The number of hydrogen-bond donors (Lipinski definition) is 1. The van der Waals surface area contributed by atoms with Crippen LogP contribution in [-0.4, -0.2) is 18.8 Å². The molecule has 1 rings (SSSR count). The van der Waals surface area contributed by atoms with E-state index in [9.17, 15) is 0 Å². The molecule has 0 fully saturated rings. The second-order valence-corrected chi connectivity index (χ2v) is 8.57. The Morgan fingerprint density at radius 1 is 1.04 bits per heavy atom. The fourth-order valence-corrected chi connectivity index (χ4v) is 3.35. The smallest absolute Gasteiger partial charge is 0.179 e. The van der Waals surface area contributed by atoms with Crippen molar-refractivity contribution >= 4 is 11.6 Å². The van der Waals surface area contributed by atoms with Crippen molar-refractivity contribution < 1.29 is 9.47 Å². The maximum atomic E-state index is 6.43. The van der Waals surface area contributed by atoms with Gasteiger partial charge in [0.15, 0.2) is 11.5 Å². The average Bonchev–Trinajstić information content (AvgIpc) is 2.42. The molecule has 0 saturated carbocycles. The zero-order valence-electron chi connectivity index (χ0n) is 16.4. The SMILES string of the molecule is CCCOc1c(Cl)cc(CNC(C)(C)CC(C)(C)C)cc1OCC. The van der Waals surface area contributed by atoms with Gasteiger partial charge in [-0.05, 0) is 56.7 Å². The molecule has 0 aromatic heterocycles. The van der Waals surface area contributed by atoms with Crippen LogP contribution in [-0.2, 0) is 6.54 Å². The van der Waals surface area contributed by atoms with Crippen molar-refractivity contribution in [3.63, 3.8) is 0 Å². The molecule has 0 aliphatic heterocycles. The Morgan fingerprint density at radius 2 is 1.71 bits per heavy atom. The van der Waals surface area contributed by atoms with E-state index in [0.29, 0.717) is 24.0 Å². The predicted molar refractivity (Wildman–Crippen MR) is 103 cm³/mol. The largest absolute Gasteiger partial charge is 0.490 e. The lowest BCUT2D eigenvalue weighted by molar-refractivity contribution is 0.240. The van der Waals surface area contributed by atoms with Gasteiger partial charge in [0.05, 0.1) is 18.2 Å². The van der Waals surface area contributed by atoms with Crippen LogP contribution >= 0.6 is 11.6 Å². The summed E-state index contributed by atoms with van der Waals surface area (Å²) >= 11 is 6.43. The van der Waals surface area contributed by atoms with Crippen LogP contribution in [0.5, 0.6) is 11.5 Å². The standard InChI is InChI=1S/C20H34ClNO2/c1-8-10-24-18-16(21)11-15(12-17(18)23-9-2)13-22-20(6,7)14-19(3,4)5/h11-12,22H,8-10,13-14H2,1-7H3. The molecular weight excluding hydrogens is 322 g/mol. The van der Waals surface area contributed by atoms with Crippen LogP contribution in [0.15, 0.2) is 12.1 Å². The van der Waals surface area contributed by atoms with E-state index in [-0.39, 0.29) is 11.0 Å². The fraction of sp³-hybridized carbons (Fsp3) is 0.700. The van der Waals surface area contributed by atoms with Gasteiger partial charge < -0.3 is 14.8 Å². The van der Waals surface area contributed by atoms with Crippen molar-refractivity contribution in [2.75, 3.05) is 13.2 Å². The van der Waals surface area contributed by atoms with Gasteiger partial charge in [0.1, 0.15) is 0 Å². The van der Waals surface area contributed by atoms with E-state index in [2.05, 4.69) is 46.9 Å². The first-order valence-electron chi connectivity index (χ1n) is 8.91. The molecule has 138 valence electrons. The van der Waals surface area contributed by atoms with Crippen molar-refractivity contribution in [1.29, 1.82) is 0 Å². The minimum absolute atomic E-state index is 0.0495. The number of benzene rings is 1. The Labute approximate surface area is 153 Å². The number of rotatable bonds is 9. The second-order valence-electron chi connectivity index (χ2n) is 8.16. The predicted octanol–water partition coefficient (Wildman–Crippen LogP) is 5.83. The lowest BCUT2D eigenvalue weighted by atomic mass is 9.82. The third-order valence-electron chi connectivity index (χ3n) is 3.56. The summed E-state index contributed by atoms with van der Waals surface area (Å²) in [6.07, 6.45) is 2.02. The molecule has 0 spiro atoms. The lowest BCUT2D eigenvalue weighted by Gasteiger charge is -2.33. The first-order valence-corrected chi connectivity index (χ1v) is 9.29. The summed E-state index contributed by atoms with van der Waals surface area (Å²) in [5.74, 6) is 1.38. The first-order chi connectivity index (χ1) is 11.1. The number of ether oxygens (including phenoxy) is 2. The summed E-state index contributed by atoms with van der Waals surface area (Å²) in [6, 6.07) is 4.00. The van der Waals surface area contributed by atoms with Crippen molar-refractivity contribution in [2.24, 2.45) is 5.41 Å². The van der Waals surface area contributed by atoms with Gasteiger partial charge in [0, 0.05) is 12.1 Å². The number of halogens is 1. The summed E-state index contributed by atoms with van der Waals surface area (Å²) in [6.45, 7) is 17.3. The van der Waals surface area contributed by atoms with E-state index in [0.717, 1.165) is 30.7 Å². The monoisotopic (exact) mass is 355 g/mol. The van der Waals surface area contributed by atoms with Crippen LogP contribution in [0.25, 0.3) is 0 Å². The molecule has 0 heterocycles.